The van der Waals surface area contributed by atoms with E-state index in [0.29, 0.717) is 12.4 Å². The first kappa shape index (κ1) is 19.2. The van der Waals surface area contributed by atoms with Crippen molar-refractivity contribution >= 4 is 34.7 Å². The van der Waals surface area contributed by atoms with Gasteiger partial charge in [0.2, 0.25) is 5.91 Å². The lowest BCUT2D eigenvalue weighted by atomic mass is 10.2. The number of carbonyl (C=O) groups excluding carboxylic acids is 2. The Morgan fingerprint density at radius 1 is 1.21 bits per heavy atom. The highest BCUT2D eigenvalue weighted by atomic mass is 16.2. The number of pyridine rings is 1. The van der Waals surface area contributed by atoms with Gasteiger partial charge in [0.1, 0.15) is 5.82 Å². The average molecular weight is 377 g/mol. The SMILES string of the molecule is CNC(=O)Nc1ccc(C=CC(=O)N(C)Cc2cc3ccccc3n2C)cn1. The summed E-state index contributed by atoms with van der Waals surface area (Å²) in [5.74, 6) is 0.341. The van der Waals surface area contributed by atoms with Gasteiger partial charge in [0.05, 0.1) is 6.54 Å². The van der Waals surface area contributed by atoms with Gasteiger partial charge >= 0.3 is 6.03 Å². The molecule has 7 heteroatoms. The fourth-order valence-electron chi connectivity index (χ4n) is 2.87. The molecule has 3 rings (SSSR count). The van der Waals surface area contributed by atoms with Crippen LogP contribution in [0, 0.1) is 0 Å². The van der Waals surface area contributed by atoms with Crippen molar-refractivity contribution in [3.8, 4) is 0 Å². The smallest absolute Gasteiger partial charge is 0.320 e. The number of nitrogens with zero attached hydrogens (tertiary/aromatic N) is 3. The van der Waals surface area contributed by atoms with Gasteiger partial charge in [0.15, 0.2) is 0 Å². The summed E-state index contributed by atoms with van der Waals surface area (Å²) in [7, 11) is 5.32. The van der Waals surface area contributed by atoms with Gasteiger partial charge in [0.25, 0.3) is 0 Å². The van der Waals surface area contributed by atoms with E-state index in [0.717, 1.165) is 22.2 Å². The molecule has 0 radical (unpaired) electrons. The van der Waals surface area contributed by atoms with Crippen molar-refractivity contribution in [3.05, 3.63) is 66.0 Å². The highest BCUT2D eigenvalue weighted by molar-refractivity contribution is 5.92. The molecular weight excluding hydrogens is 354 g/mol. The lowest BCUT2D eigenvalue weighted by molar-refractivity contribution is -0.125. The van der Waals surface area contributed by atoms with Crippen LogP contribution in [-0.4, -0.2) is 40.5 Å². The zero-order valence-electron chi connectivity index (χ0n) is 16.1. The van der Waals surface area contributed by atoms with Crippen LogP contribution in [0.3, 0.4) is 0 Å². The van der Waals surface area contributed by atoms with E-state index < -0.39 is 0 Å². The second-order valence-electron chi connectivity index (χ2n) is 6.46. The minimum atomic E-state index is -0.332. The van der Waals surface area contributed by atoms with E-state index in [1.165, 1.54) is 13.1 Å². The van der Waals surface area contributed by atoms with E-state index in [1.807, 2.05) is 19.2 Å². The number of rotatable bonds is 5. The Labute approximate surface area is 163 Å². The lowest BCUT2D eigenvalue weighted by Gasteiger charge is -2.15. The summed E-state index contributed by atoms with van der Waals surface area (Å²) >= 11 is 0. The van der Waals surface area contributed by atoms with Gasteiger partial charge in [-0.3, -0.25) is 10.1 Å². The van der Waals surface area contributed by atoms with Crippen LogP contribution in [0.4, 0.5) is 10.6 Å². The first-order chi connectivity index (χ1) is 13.5. The molecule has 0 saturated heterocycles. The average Bonchev–Trinajstić information content (AvgIpc) is 3.02. The largest absolute Gasteiger partial charge is 0.346 e. The van der Waals surface area contributed by atoms with E-state index in [1.54, 1.807) is 36.4 Å². The third kappa shape index (κ3) is 4.37. The van der Waals surface area contributed by atoms with E-state index in [9.17, 15) is 9.59 Å². The third-order valence-electron chi connectivity index (χ3n) is 4.50. The minimum absolute atomic E-state index is 0.0992. The first-order valence-electron chi connectivity index (χ1n) is 8.89. The molecular formula is C21H23N5O2. The fourth-order valence-corrected chi connectivity index (χ4v) is 2.87. The summed E-state index contributed by atoms with van der Waals surface area (Å²) in [5, 5.41) is 6.20. The summed E-state index contributed by atoms with van der Waals surface area (Å²) in [6.45, 7) is 0.515. The Balaban J connectivity index is 1.63. The second-order valence-corrected chi connectivity index (χ2v) is 6.46. The summed E-state index contributed by atoms with van der Waals surface area (Å²) in [5.41, 5.74) is 2.98. The number of urea groups is 1. The van der Waals surface area contributed by atoms with Crippen LogP contribution < -0.4 is 10.6 Å². The molecule has 1 aromatic carbocycles. The number of fused-ring (bicyclic) bond motifs is 1. The van der Waals surface area contributed by atoms with Crippen LogP contribution in [0.15, 0.2) is 54.7 Å². The van der Waals surface area contributed by atoms with Gasteiger partial charge in [-0.1, -0.05) is 18.2 Å². The van der Waals surface area contributed by atoms with E-state index in [-0.39, 0.29) is 11.9 Å². The third-order valence-corrected chi connectivity index (χ3v) is 4.50. The molecule has 0 unspecified atom stereocenters. The molecule has 0 aliphatic carbocycles. The van der Waals surface area contributed by atoms with E-state index in [4.69, 9.17) is 0 Å². The van der Waals surface area contributed by atoms with E-state index >= 15 is 0 Å². The van der Waals surface area contributed by atoms with Crippen LogP contribution in [0.2, 0.25) is 0 Å². The number of benzene rings is 1. The monoisotopic (exact) mass is 377 g/mol. The van der Waals surface area contributed by atoms with Crippen molar-refractivity contribution in [1.82, 2.24) is 19.8 Å². The number of likely N-dealkylation sites (N-methyl/N-ethyl adjacent to an activating group) is 1. The Morgan fingerprint density at radius 2 is 2.00 bits per heavy atom. The Bertz CT molecular complexity index is 1020. The minimum Gasteiger partial charge on any atom is -0.346 e. The van der Waals surface area contributed by atoms with Crippen LogP contribution in [0.5, 0.6) is 0 Å². The molecule has 7 nitrogen and oxygen atoms in total. The van der Waals surface area contributed by atoms with Crippen LogP contribution in [-0.2, 0) is 18.4 Å². The molecule has 0 aliphatic heterocycles. The highest BCUT2D eigenvalue weighted by Crippen LogP contribution is 2.19. The maximum absolute atomic E-state index is 12.4. The molecule has 0 fully saturated rings. The van der Waals surface area contributed by atoms with E-state index in [2.05, 4.69) is 38.4 Å². The lowest BCUT2D eigenvalue weighted by Crippen LogP contribution is -2.25. The van der Waals surface area contributed by atoms with Gasteiger partial charge in [-0.05, 0) is 41.3 Å². The molecule has 3 amide bonds. The summed E-state index contributed by atoms with van der Waals surface area (Å²) in [6.07, 6.45) is 4.82. The maximum Gasteiger partial charge on any atom is 0.320 e. The van der Waals surface area contributed by atoms with Gasteiger partial charge in [-0.2, -0.15) is 0 Å². The van der Waals surface area contributed by atoms with Crippen LogP contribution >= 0.6 is 0 Å². The van der Waals surface area contributed by atoms with Crippen molar-refractivity contribution in [2.45, 2.75) is 6.54 Å². The number of hydrogen-bond donors (Lipinski definition) is 2. The zero-order valence-corrected chi connectivity index (χ0v) is 16.1. The first-order valence-corrected chi connectivity index (χ1v) is 8.89. The standard InChI is InChI=1S/C21H23N5O2/c1-22-21(28)24-19-10-8-15(13-23-19)9-11-20(27)25(2)14-17-12-16-6-4-5-7-18(16)26(17)3/h4-13H,14H2,1-3H3,(H2,22,23,24,28). The summed E-state index contributed by atoms with van der Waals surface area (Å²) in [4.78, 5) is 29.5. The quantitative estimate of drug-likeness (QED) is 0.671. The molecule has 2 N–H and O–H groups in total. The number of para-hydroxylation sites is 1. The number of aromatic nitrogens is 2. The van der Waals surface area contributed by atoms with Crippen molar-refractivity contribution < 1.29 is 9.59 Å². The highest BCUT2D eigenvalue weighted by Gasteiger charge is 2.10. The van der Waals surface area contributed by atoms with Crippen molar-refractivity contribution in [1.29, 1.82) is 0 Å². The Hall–Kier alpha value is -3.61. The van der Waals surface area contributed by atoms with Crippen molar-refractivity contribution in [2.75, 3.05) is 19.4 Å². The zero-order chi connectivity index (χ0) is 20.1. The van der Waals surface area contributed by atoms with Gasteiger partial charge in [-0.25, -0.2) is 9.78 Å². The number of hydrogen-bond acceptors (Lipinski definition) is 3. The fraction of sp³-hybridized carbons (Fsp3) is 0.190. The molecule has 0 spiro atoms. The maximum atomic E-state index is 12.4. The predicted molar refractivity (Wildman–Crippen MR) is 111 cm³/mol. The second kappa shape index (κ2) is 8.39. The molecule has 0 bridgehead atoms. The van der Waals surface area contributed by atoms with Crippen LogP contribution in [0.1, 0.15) is 11.3 Å². The van der Waals surface area contributed by atoms with Crippen molar-refractivity contribution in [3.63, 3.8) is 0 Å². The van der Waals surface area contributed by atoms with Gasteiger partial charge in [-0.15, -0.1) is 0 Å². The number of aryl methyl sites for hydroxylation is 1. The molecule has 28 heavy (non-hydrogen) atoms. The topological polar surface area (TPSA) is 79.3 Å². The number of carbonyl (C=O) groups is 2. The molecule has 144 valence electrons. The normalized spacial score (nSPS) is 11.0. The van der Waals surface area contributed by atoms with Gasteiger partial charge < -0.3 is 14.8 Å². The molecule has 2 heterocycles. The molecule has 3 aromatic rings. The van der Waals surface area contributed by atoms with Crippen LogP contribution in [0.25, 0.3) is 17.0 Å². The molecule has 0 atom stereocenters. The summed E-state index contributed by atoms with van der Waals surface area (Å²) < 4.78 is 2.10. The molecule has 0 aliphatic rings. The number of anilines is 1. The Morgan fingerprint density at radius 3 is 2.68 bits per heavy atom. The molecule has 0 saturated carbocycles. The predicted octanol–water partition coefficient (Wildman–Crippen LogP) is 3.00. The number of amides is 3. The molecule has 2 aromatic heterocycles. The van der Waals surface area contributed by atoms with Crippen molar-refractivity contribution in [2.24, 2.45) is 7.05 Å². The summed E-state index contributed by atoms with van der Waals surface area (Å²) in [6, 6.07) is 13.4. The number of nitrogens with one attached hydrogen (secondary N) is 2. The Kier molecular flexibility index (Phi) is 5.74. The van der Waals surface area contributed by atoms with Gasteiger partial charge in [0, 0.05) is 44.6 Å².